The van der Waals surface area contributed by atoms with Crippen LogP contribution in [0.2, 0.25) is 5.15 Å². The molecule has 1 fully saturated rings. The number of halogens is 2. The Morgan fingerprint density at radius 3 is 2.71 bits per heavy atom. The number of rotatable bonds is 3. The molecule has 0 aliphatic heterocycles. The van der Waals surface area contributed by atoms with Gasteiger partial charge in [-0.05, 0) is 47.7 Å². The Balaban J connectivity index is 1.91. The van der Waals surface area contributed by atoms with Gasteiger partial charge in [0.05, 0.1) is 22.5 Å². The minimum Gasteiger partial charge on any atom is -0.381 e. The number of nitrogens with zero attached hydrogens (tertiary/aromatic N) is 1. The lowest BCUT2D eigenvalue weighted by Crippen LogP contribution is -2.29. The van der Waals surface area contributed by atoms with E-state index in [0.29, 0.717) is 17.3 Å². The summed E-state index contributed by atoms with van der Waals surface area (Å²) >= 11 is 9.24. The smallest absolute Gasteiger partial charge is 0.143 e. The topological polar surface area (TPSA) is 34.1 Å². The lowest BCUT2D eigenvalue weighted by atomic mass is 9.93. The van der Waals surface area contributed by atoms with Gasteiger partial charge >= 0.3 is 0 Å². The van der Waals surface area contributed by atoms with Crippen LogP contribution in [-0.2, 0) is 4.74 Å². The summed E-state index contributed by atoms with van der Waals surface area (Å²) in [6.07, 6.45) is 6.72. The molecule has 1 aliphatic rings. The van der Waals surface area contributed by atoms with Crippen molar-refractivity contribution in [1.82, 2.24) is 4.98 Å². The first-order valence-electron chi connectivity index (χ1n) is 5.79. The molecule has 0 radical (unpaired) electrons. The Kier molecular flexibility index (Phi) is 4.65. The maximum absolute atomic E-state index is 5.86. The molecular weight excluding hydrogens is 304 g/mol. The van der Waals surface area contributed by atoms with E-state index in [1.807, 2.05) is 6.07 Å². The van der Waals surface area contributed by atoms with Crippen LogP contribution < -0.4 is 5.32 Å². The largest absolute Gasteiger partial charge is 0.381 e. The fraction of sp³-hybridized carbons (Fsp3) is 0.583. The molecule has 0 unspecified atom stereocenters. The summed E-state index contributed by atoms with van der Waals surface area (Å²) in [5, 5.41) is 3.99. The molecule has 0 spiro atoms. The van der Waals surface area contributed by atoms with Crippen LogP contribution in [0.5, 0.6) is 0 Å². The second-order valence-electron chi connectivity index (χ2n) is 4.35. The number of methoxy groups -OCH3 is 1. The monoisotopic (exact) mass is 318 g/mol. The van der Waals surface area contributed by atoms with Crippen molar-refractivity contribution in [2.45, 2.75) is 37.8 Å². The van der Waals surface area contributed by atoms with E-state index < -0.39 is 0 Å². The number of anilines is 1. The Hall–Kier alpha value is -0.320. The second kappa shape index (κ2) is 6.03. The predicted octanol–water partition coefficient (Wildman–Crippen LogP) is 3.87. The second-order valence-corrected chi connectivity index (χ2v) is 5.56. The molecule has 0 saturated heterocycles. The molecule has 1 heterocycles. The summed E-state index contributed by atoms with van der Waals surface area (Å²) in [5.41, 5.74) is 1.02. The van der Waals surface area contributed by atoms with Crippen LogP contribution in [0.25, 0.3) is 0 Å². The molecule has 17 heavy (non-hydrogen) atoms. The average Bonchev–Trinajstić information content (AvgIpc) is 2.35. The van der Waals surface area contributed by atoms with Crippen molar-refractivity contribution in [3.63, 3.8) is 0 Å². The van der Waals surface area contributed by atoms with Crippen LogP contribution in [0.1, 0.15) is 25.7 Å². The fourth-order valence-corrected chi connectivity index (χ4v) is 2.63. The summed E-state index contributed by atoms with van der Waals surface area (Å²) < 4.78 is 6.19. The minimum atomic E-state index is 0.433. The Labute approximate surface area is 115 Å². The molecule has 1 N–H and O–H groups in total. The van der Waals surface area contributed by atoms with Gasteiger partial charge in [-0.3, -0.25) is 0 Å². The van der Waals surface area contributed by atoms with Crippen LogP contribution in [0.4, 0.5) is 5.69 Å². The SMILES string of the molecule is COC1CCC(Nc2cnc(Cl)c(Br)c2)CC1. The number of hydrogen-bond acceptors (Lipinski definition) is 3. The third-order valence-electron chi connectivity index (χ3n) is 3.17. The van der Waals surface area contributed by atoms with Crippen molar-refractivity contribution in [1.29, 1.82) is 0 Å². The predicted molar refractivity (Wildman–Crippen MR) is 73.6 cm³/mol. The van der Waals surface area contributed by atoms with Gasteiger partial charge in [0.25, 0.3) is 0 Å². The van der Waals surface area contributed by atoms with Gasteiger partial charge in [-0.15, -0.1) is 0 Å². The number of ether oxygens (including phenoxy) is 1. The molecular formula is C12H16BrClN2O. The molecule has 0 amide bonds. The molecule has 1 aromatic heterocycles. The summed E-state index contributed by atoms with van der Waals surface area (Å²) in [7, 11) is 1.79. The van der Waals surface area contributed by atoms with E-state index in [4.69, 9.17) is 16.3 Å². The molecule has 94 valence electrons. The van der Waals surface area contributed by atoms with Crippen molar-refractivity contribution in [2.75, 3.05) is 12.4 Å². The lowest BCUT2D eigenvalue weighted by molar-refractivity contribution is 0.0682. The standard InChI is InChI=1S/C12H16BrClN2O/c1-17-10-4-2-8(3-5-10)16-9-6-11(13)12(14)15-7-9/h6-8,10,16H,2-5H2,1H3. The van der Waals surface area contributed by atoms with Crippen LogP contribution in [0.15, 0.2) is 16.7 Å². The van der Waals surface area contributed by atoms with E-state index in [9.17, 15) is 0 Å². The maximum Gasteiger partial charge on any atom is 0.143 e. The normalized spacial score (nSPS) is 24.6. The molecule has 0 aromatic carbocycles. The van der Waals surface area contributed by atoms with Crippen LogP contribution in [0.3, 0.4) is 0 Å². The van der Waals surface area contributed by atoms with Crippen LogP contribution >= 0.6 is 27.5 Å². The van der Waals surface area contributed by atoms with E-state index in [0.717, 1.165) is 35.8 Å². The summed E-state index contributed by atoms with van der Waals surface area (Å²) in [4.78, 5) is 4.11. The number of nitrogens with one attached hydrogen (secondary N) is 1. The Morgan fingerprint density at radius 2 is 2.12 bits per heavy atom. The van der Waals surface area contributed by atoms with E-state index in [-0.39, 0.29) is 0 Å². The molecule has 1 aromatic rings. The Bertz CT molecular complexity index is 381. The van der Waals surface area contributed by atoms with Gasteiger partial charge in [-0.2, -0.15) is 0 Å². The van der Waals surface area contributed by atoms with Gasteiger partial charge < -0.3 is 10.1 Å². The van der Waals surface area contributed by atoms with Crippen LogP contribution in [-0.4, -0.2) is 24.2 Å². The van der Waals surface area contributed by atoms with E-state index in [2.05, 4.69) is 26.2 Å². The van der Waals surface area contributed by atoms with Crippen molar-refractivity contribution in [3.05, 3.63) is 21.9 Å². The number of pyridine rings is 1. The highest BCUT2D eigenvalue weighted by Crippen LogP contribution is 2.26. The minimum absolute atomic E-state index is 0.433. The highest BCUT2D eigenvalue weighted by atomic mass is 79.9. The van der Waals surface area contributed by atoms with E-state index in [1.165, 1.54) is 0 Å². The number of hydrogen-bond donors (Lipinski definition) is 1. The van der Waals surface area contributed by atoms with Gasteiger partial charge in [-0.25, -0.2) is 4.98 Å². The Morgan fingerprint density at radius 1 is 1.41 bits per heavy atom. The molecule has 1 aliphatic carbocycles. The third-order valence-corrected chi connectivity index (χ3v) is 4.31. The van der Waals surface area contributed by atoms with Gasteiger partial charge in [-0.1, -0.05) is 11.6 Å². The maximum atomic E-state index is 5.86. The fourth-order valence-electron chi connectivity index (χ4n) is 2.18. The zero-order valence-corrected chi connectivity index (χ0v) is 12.1. The van der Waals surface area contributed by atoms with E-state index in [1.54, 1.807) is 13.3 Å². The molecule has 3 nitrogen and oxygen atoms in total. The van der Waals surface area contributed by atoms with Crippen LogP contribution in [0, 0.1) is 0 Å². The summed E-state index contributed by atoms with van der Waals surface area (Å²) in [6, 6.07) is 2.48. The summed E-state index contributed by atoms with van der Waals surface area (Å²) in [5.74, 6) is 0. The van der Waals surface area contributed by atoms with Gasteiger partial charge in [0, 0.05) is 13.2 Å². The van der Waals surface area contributed by atoms with Gasteiger partial charge in [0.15, 0.2) is 0 Å². The average molecular weight is 320 g/mol. The highest BCUT2D eigenvalue weighted by molar-refractivity contribution is 9.10. The molecule has 1 saturated carbocycles. The summed E-state index contributed by atoms with van der Waals surface area (Å²) in [6.45, 7) is 0. The van der Waals surface area contributed by atoms with Gasteiger partial charge in [0.1, 0.15) is 5.15 Å². The lowest BCUT2D eigenvalue weighted by Gasteiger charge is -2.28. The van der Waals surface area contributed by atoms with Crippen molar-refractivity contribution in [2.24, 2.45) is 0 Å². The quantitative estimate of drug-likeness (QED) is 0.859. The number of aromatic nitrogens is 1. The highest BCUT2D eigenvalue weighted by Gasteiger charge is 2.20. The first-order valence-corrected chi connectivity index (χ1v) is 6.96. The first-order chi connectivity index (χ1) is 8.19. The zero-order valence-electron chi connectivity index (χ0n) is 9.75. The van der Waals surface area contributed by atoms with E-state index >= 15 is 0 Å². The van der Waals surface area contributed by atoms with Crippen molar-refractivity contribution < 1.29 is 4.74 Å². The van der Waals surface area contributed by atoms with Gasteiger partial charge in [0.2, 0.25) is 0 Å². The first kappa shape index (κ1) is 13.1. The van der Waals surface area contributed by atoms with Crippen molar-refractivity contribution in [3.8, 4) is 0 Å². The third kappa shape index (κ3) is 3.57. The molecule has 5 heteroatoms. The zero-order chi connectivity index (χ0) is 12.3. The molecule has 0 atom stereocenters. The molecule has 2 rings (SSSR count). The molecule has 0 bridgehead atoms. The van der Waals surface area contributed by atoms with Crippen molar-refractivity contribution >= 4 is 33.2 Å².